The Bertz CT molecular complexity index is 673. The van der Waals surface area contributed by atoms with Crippen LogP contribution in [-0.4, -0.2) is 27.5 Å². The molecule has 0 fully saturated rings. The van der Waals surface area contributed by atoms with E-state index in [0.717, 1.165) is 32.1 Å². The van der Waals surface area contributed by atoms with Gasteiger partial charge in [-0.25, -0.2) is 9.50 Å². The number of thioether (sulfide) groups is 1. The summed E-state index contributed by atoms with van der Waals surface area (Å²) in [5.74, 6) is 1.86. The van der Waals surface area contributed by atoms with Crippen LogP contribution in [0.3, 0.4) is 0 Å². The summed E-state index contributed by atoms with van der Waals surface area (Å²) in [6, 6.07) is 7.90. The highest BCUT2D eigenvalue weighted by Crippen LogP contribution is 2.28. The van der Waals surface area contributed by atoms with Gasteiger partial charge in [0, 0.05) is 5.56 Å². The topological polar surface area (TPSA) is 39.4 Å². The Balaban J connectivity index is 1.98. The molecule has 0 aliphatic carbocycles. The van der Waals surface area contributed by atoms with Gasteiger partial charge in [0.2, 0.25) is 4.96 Å². The Morgan fingerprint density at radius 3 is 3.05 bits per heavy atom. The first-order valence-corrected chi connectivity index (χ1v) is 7.74. The molecule has 3 aromatic rings. The summed E-state index contributed by atoms with van der Waals surface area (Å²) in [7, 11) is 1.67. The predicted octanol–water partition coefficient (Wildman–Crippen LogP) is 3.58. The normalized spacial score (nSPS) is 11.1. The second kappa shape index (κ2) is 5.22. The number of ether oxygens (including phenoxy) is 1. The van der Waals surface area contributed by atoms with Gasteiger partial charge in [0.05, 0.1) is 19.0 Å². The lowest BCUT2D eigenvalue weighted by Crippen LogP contribution is -1.84. The van der Waals surface area contributed by atoms with E-state index in [0.29, 0.717) is 0 Å². The van der Waals surface area contributed by atoms with E-state index in [-0.39, 0.29) is 0 Å². The molecule has 4 nitrogen and oxygen atoms in total. The molecule has 0 atom stereocenters. The van der Waals surface area contributed by atoms with Gasteiger partial charge in [-0.1, -0.05) is 42.2 Å². The zero-order valence-corrected chi connectivity index (χ0v) is 12.3. The lowest BCUT2D eigenvalue weighted by molar-refractivity contribution is 0.415. The van der Waals surface area contributed by atoms with E-state index >= 15 is 0 Å². The third-order valence-corrected chi connectivity index (χ3v) is 4.60. The third kappa shape index (κ3) is 2.46. The Morgan fingerprint density at radius 1 is 1.42 bits per heavy atom. The fourth-order valence-electron chi connectivity index (χ4n) is 1.79. The van der Waals surface area contributed by atoms with Crippen LogP contribution in [-0.2, 0) is 0 Å². The van der Waals surface area contributed by atoms with Crippen LogP contribution >= 0.6 is 23.1 Å². The predicted molar refractivity (Wildman–Crippen MR) is 79.3 cm³/mol. The first-order chi connectivity index (χ1) is 9.30. The molecule has 0 unspecified atom stereocenters. The minimum atomic E-state index is 0.837. The number of nitrogens with zero attached hydrogens (tertiary/aromatic N) is 3. The van der Waals surface area contributed by atoms with Gasteiger partial charge in [-0.15, -0.1) is 5.10 Å². The van der Waals surface area contributed by atoms with E-state index in [2.05, 4.69) is 17.0 Å². The van der Waals surface area contributed by atoms with Crippen LogP contribution in [0.5, 0.6) is 5.75 Å². The Hall–Kier alpha value is -1.53. The molecule has 0 saturated heterocycles. The van der Waals surface area contributed by atoms with Gasteiger partial charge in [-0.2, -0.15) is 0 Å². The number of imidazole rings is 1. The molecule has 2 aromatic heterocycles. The van der Waals surface area contributed by atoms with Gasteiger partial charge in [0.1, 0.15) is 5.75 Å². The molecule has 0 bridgehead atoms. The maximum absolute atomic E-state index is 5.23. The van der Waals surface area contributed by atoms with Crippen molar-refractivity contribution < 1.29 is 4.74 Å². The van der Waals surface area contributed by atoms with Crippen molar-refractivity contribution in [2.24, 2.45) is 0 Å². The monoisotopic (exact) mass is 291 g/mol. The van der Waals surface area contributed by atoms with Crippen LogP contribution in [0.25, 0.3) is 16.2 Å². The minimum Gasteiger partial charge on any atom is -0.497 e. The lowest BCUT2D eigenvalue weighted by atomic mass is 10.1. The van der Waals surface area contributed by atoms with Crippen molar-refractivity contribution in [3.8, 4) is 17.0 Å². The molecule has 3 rings (SSSR count). The average Bonchev–Trinajstić information content (AvgIpc) is 2.97. The van der Waals surface area contributed by atoms with Gasteiger partial charge in [0.25, 0.3) is 0 Å². The highest BCUT2D eigenvalue weighted by atomic mass is 32.2. The van der Waals surface area contributed by atoms with Crippen LogP contribution in [0, 0.1) is 0 Å². The summed E-state index contributed by atoms with van der Waals surface area (Å²) in [4.78, 5) is 5.54. The van der Waals surface area contributed by atoms with Crippen LogP contribution in [0.1, 0.15) is 6.92 Å². The Kier molecular flexibility index (Phi) is 3.44. The molecular formula is C13H13N3OS2. The summed E-state index contributed by atoms with van der Waals surface area (Å²) in [5, 5.41) is 4.50. The second-order valence-corrected chi connectivity index (χ2v) is 6.35. The fraction of sp³-hybridized carbons (Fsp3) is 0.231. The zero-order valence-electron chi connectivity index (χ0n) is 10.7. The molecule has 19 heavy (non-hydrogen) atoms. The molecular weight excluding hydrogens is 278 g/mol. The zero-order chi connectivity index (χ0) is 13.2. The number of hydrogen-bond acceptors (Lipinski definition) is 5. The molecule has 0 radical (unpaired) electrons. The van der Waals surface area contributed by atoms with Crippen LogP contribution in [0.2, 0.25) is 0 Å². The van der Waals surface area contributed by atoms with Crippen LogP contribution in [0.15, 0.2) is 34.8 Å². The molecule has 0 amide bonds. The molecule has 2 heterocycles. The Morgan fingerprint density at radius 2 is 2.32 bits per heavy atom. The summed E-state index contributed by atoms with van der Waals surface area (Å²) in [6.07, 6.45) is 1.96. The van der Waals surface area contributed by atoms with Gasteiger partial charge in [0.15, 0.2) is 4.34 Å². The standard InChI is InChI=1S/C13H13N3OS2/c1-3-18-13-15-16-8-11(14-12(16)19-13)9-5-4-6-10(7-9)17-2/h4-8H,3H2,1-2H3. The highest BCUT2D eigenvalue weighted by Gasteiger charge is 2.10. The fourth-order valence-corrected chi connectivity index (χ4v) is 3.61. The number of rotatable bonds is 4. The van der Waals surface area contributed by atoms with E-state index in [1.165, 1.54) is 0 Å². The molecule has 0 spiro atoms. The molecule has 6 heteroatoms. The van der Waals surface area contributed by atoms with E-state index < -0.39 is 0 Å². The molecule has 1 aromatic carbocycles. The average molecular weight is 291 g/mol. The van der Waals surface area contributed by atoms with E-state index in [1.54, 1.807) is 30.2 Å². The van der Waals surface area contributed by atoms with Gasteiger partial charge >= 0.3 is 0 Å². The quantitative estimate of drug-likeness (QED) is 0.689. The SMILES string of the molecule is CCSc1nn2cc(-c3cccc(OC)c3)nc2s1. The molecule has 98 valence electrons. The largest absolute Gasteiger partial charge is 0.497 e. The van der Waals surface area contributed by atoms with Gasteiger partial charge in [-0.3, -0.25) is 0 Å². The first kappa shape index (κ1) is 12.5. The summed E-state index contributed by atoms with van der Waals surface area (Å²) >= 11 is 3.36. The second-order valence-electron chi connectivity index (χ2n) is 3.89. The summed E-state index contributed by atoms with van der Waals surface area (Å²) in [5.41, 5.74) is 1.97. The molecule has 0 aliphatic heterocycles. The summed E-state index contributed by atoms with van der Waals surface area (Å²) in [6.45, 7) is 2.12. The molecule has 0 saturated carbocycles. The van der Waals surface area contributed by atoms with Crippen molar-refractivity contribution in [2.45, 2.75) is 11.3 Å². The van der Waals surface area contributed by atoms with Crippen LogP contribution in [0.4, 0.5) is 0 Å². The van der Waals surface area contributed by atoms with Gasteiger partial charge in [-0.05, 0) is 17.9 Å². The smallest absolute Gasteiger partial charge is 0.213 e. The molecule has 0 N–H and O–H groups in total. The number of aromatic nitrogens is 3. The highest BCUT2D eigenvalue weighted by molar-refractivity contribution is 8.01. The molecule has 0 aliphatic rings. The van der Waals surface area contributed by atoms with E-state index in [9.17, 15) is 0 Å². The van der Waals surface area contributed by atoms with Crippen molar-refractivity contribution in [1.82, 2.24) is 14.6 Å². The van der Waals surface area contributed by atoms with Crippen molar-refractivity contribution in [3.63, 3.8) is 0 Å². The van der Waals surface area contributed by atoms with Gasteiger partial charge < -0.3 is 4.74 Å². The number of fused-ring (bicyclic) bond motifs is 1. The van der Waals surface area contributed by atoms with Crippen molar-refractivity contribution >= 4 is 28.1 Å². The van der Waals surface area contributed by atoms with E-state index in [4.69, 9.17) is 4.74 Å². The van der Waals surface area contributed by atoms with Crippen molar-refractivity contribution in [2.75, 3.05) is 12.9 Å². The maximum atomic E-state index is 5.23. The van der Waals surface area contributed by atoms with Crippen molar-refractivity contribution in [1.29, 1.82) is 0 Å². The summed E-state index contributed by atoms with van der Waals surface area (Å²) < 4.78 is 8.13. The lowest BCUT2D eigenvalue weighted by Gasteiger charge is -2.01. The minimum absolute atomic E-state index is 0.837. The number of methoxy groups -OCH3 is 1. The third-order valence-electron chi connectivity index (χ3n) is 2.66. The van der Waals surface area contributed by atoms with Crippen LogP contribution < -0.4 is 4.74 Å². The number of hydrogen-bond donors (Lipinski definition) is 0. The first-order valence-electron chi connectivity index (χ1n) is 5.93. The maximum Gasteiger partial charge on any atom is 0.213 e. The van der Waals surface area contributed by atoms with E-state index in [1.807, 2.05) is 35.0 Å². The van der Waals surface area contributed by atoms with Crippen molar-refractivity contribution in [3.05, 3.63) is 30.5 Å². The number of benzene rings is 1. The Labute approximate surface area is 119 Å².